The molecule has 2 heterocycles. The molecule has 6 heteroatoms. The normalized spacial score (nSPS) is 18.8. The predicted molar refractivity (Wildman–Crippen MR) is 74.9 cm³/mol. The highest BCUT2D eigenvalue weighted by Crippen LogP contribution is 2.15. The van der Waals surface area contributed by atoms with Crippen molar-refractivity contribution < 1.29 is 9.59 Å². The topological polar surface area (TPSA) is 58.2 Å². The van der Waals surface area contributed by atoms with Gasteiger partial charge in [-0.2, -0.15) is 0 Å². The van der Waals surface area contributed by atoms with Crippen molar-refractivity contribution in [2.75, 3.05) is 13.1 Å². The summed E-state index contributed by atoms with van der Waals surface area (Å²) in [6, 6.07) is 1.87. The molecule has 2 N–H and O–H groups in total. The molecule has 2 rings (SSSR count). The Morgan fingerprint density at radius 3 is 2.83 bits per heavy atom. The Morgan fingerprint density at radius 1 is 1.50 bits per heavy atom. The van der Waals surface area contributed by atoms with E-state index in [0.717, 1.165) is 25.9 Å². The molecule has 1 atom stereocenters. The molecule has 1 amide bonds. The summed E-state index contributed by atoms with van der Waals surface area (Å²) in [6.45, 7) is 3.37. The Morgan fingerprint density at radius 2 is 2.28 bits per heavy atom. The lowest BCUT2D eigenvalue weighted by Gasteiger charge is -2.23. The third-order valence-electron chi connectivity index (χ3n) is 2.86. The van der Waals surface area contributed by atoms with Crippen LogP contribution >= 0.6 is 23.7 Å². The Labute approximate surface area is 117 Å². The van der Waals surface area contributed by atoms with Gasteiger partial charge >= 0.3 is 0 Å². The molecule has 0 spiro atoms. The number of nitrogens with one attached hydrogen (secondary N) is 2. The summed E-state index contributed by atoms with van der Waals surface area (Å²) < 4.78 is 0. The summed E-state index contributed by atoms with van der Waals surface area (Å²) in [7, 11) is 0. The molecule has 1 aliphatic heterocycles. The number of carbonyl (C=O) groups excluding carboxylic acids is 2. The molecule has 0 saturated carbocycles. The number of amides is 1. The second kappa shape index (κ2) is 6.87. The fourth-order valence-corrected chi connectivity index (χ4v) is 2.72. The molecule has 0 bridgehead atoms. The van der Waals surface area contributed by atoms with Gasteiger partial charge in [0.05, 0.1) is 4.88 Å². The summed E-state index contributed by atoms with van der Waals surface area (Å²) in [5, 5.41) is 7.97. The monoisotopic (exact) mass is 288 g/mol. The third-order valence-corrected chi connectivity index (χ3v) is 3.79. The number of piperidine rings is 1. The fourth-order valence-electron chi connectivity index (χ4n) is 1.87. The quantitative estimate of drug-likeness (QED) is 0.835. The second-order valence-corrected chi connectivity index (χ2v) is 5.18. The highest BCUT2D eigenvalue weighted by atomic mass is 35.5. The first-order valence-corrected chi connectivity index (χ1v) is 6.66. The summed E-state index contributed by atoms with van der Waals surface area (Å²) in [4.78, 5) is 23.7. The van der Waals surface area contributed by atoms with Gasteiger partial charge in [-0.1, -0.05) is 0 Å². The maximum atomic E-state index is 11.9. The maximum absolute atomic E-state index is 11.9. The van der Waals surface area contributed by atoms with Crippen molar-refractivity contribution in [1.29, 1.82) is 0 Å². The van der Waals surface area contributed by atoms with E-state index in [1.165, 1.54) is 18.3 Å². The number of rotatable bonds is 3. The van der Waals surface area contributed by atoms with Crippen LogP contribution in [-0.2, 0) is 0 Å². The molecule has 18 heavy (non-hydrogen) atoms. The number of thiophene rings is 1. The summed E-state index contributed by atoms with van der Waals surface area (Å²) >= 11 is 1.32. The van der Waals surface area contributed by atoms with Crippen LogP contribution in [0.15, 0.2) is 11.4 Å². The van der Waals surface area contributed by atoms with Gasteiger partial charge in [0.2, 0.25) is 0 Å². The van der Waals surface area contributed by atoms with Crippen molar-refractivity contribution >= 4 is 35.4 Å². The molecule has 1 aliphatic rings. The smallest absolute Gasteiger partial charge is 0.261 e. The zero-order chi connectivity index (χ0) is 12.3. The average molecular weight is 289 g/mol. The van der Waals surface area contributed by atoms with Crippen molar-refractivity contribution in [3.05, 3.63) is 21.9 Å². The van der Waals surface area contributed by atoms with Crippen LogP contribution in [0.25, 0.3) is 0 Å². The van der Waals surface area contributed by atoms with Crippen LogP contribution in [0.2, 0.25) is 0 Å². The molecule has 1 aromatic rings. The van der Waals surface area contributed by atoms with Gasteiger partial charge in [-0.3, -0.25) is 9.59 Å². The minimum atomic E-state index is -0.0730. The van der Waals surface area contributed by atoms with Crippen molar-refractivity contribution in [2.24, 2.45) is 0 Å². The Hall–Kier alpha value is -0.910. The van der Waals surface area contributed by atoms with Gasteiger partial charge in [0.15, 0.2) is 5.78 Å². The van der Waals surface area contributed by atoms with Gasteiger partial charge in [-0.05, 0) is 32.4 Å². The standard InChI is InChI=1S/C12H16N2O2S.ClH/c1-8(15)9-5-11(17-7-9)12(16)14-10-3-2-4-13-6-10;/h5,7,10,13H,2-4,6H2,1H3,(H,14,16);1H/t10-;/m0./s1. The van der Waals surface area contributed by atoms with E-state index in [2.05, 4.69) is 10.6 Å². The van der Waals surface area contributed by atoms with Crippen LogP contribution in [0.1, 0.15) is 39.8 Å². The van der Waals surface area contributed by atoms with E-state index in [0.29, 0.717) is 10.4 Å². The lowest BCUT2D eigenvalue weighted by atomic mass is 10.1. The minimum absolute atomic E-state index is 0. The second-order valence-electron chi connectivity index (χ2n) is 4.27. The van der Waals surface area contributed by atoms with Crippen LogP contribution in [0, 0.1) is 0 Å². The predicted octanol–water partition coefficient (Wildman–Crippen LogP) is 1.85. The van der Waals surface area contributed by atoms with Crippen molar-refractivity contribution in [3.8, 4) is 0 Å². The molecule has 0 aromatic carbocycles. The SMILES string of the molecule is CC(=O)c1csc(C(=O)N[C@H]2CCCNC2)c1.Cl. The summed E-state index contributed by atoms with van der Waals surface area (Å²) in [6.07, 6.45) is 2.11. The van der Waals surface area contributed by atoms with Crippen LogP contribution in [0.4, 0.5) is 0 Å². The van der Waals surface area contributed by atoms with Crippen LogP contribution < -0.4 is 10.6 Å². The van der Waals surface area contributed by atoms with E-state index in [4.69, 9.17) is 0 Å². The number of halogens is 1. The van der Waals surface area contributed by atoms with E-state index >= 15 is 0 Å². The number of hydrogen-bond donors (Lipinski definition) is 2. The number of carbonyl (C=O) groups is 2. The zero-order valence-electron chi connectivity index (χ0n) is 10.2. The molecule has 4 nitrogen and oxygen atoms in total. The largest absolute Gasteiger partial charge is 0.347 e. The first-order valence-electron chi connectivity index (χ1n) is 5.78. The molecule has 1 saturated heterocycles. The van der Waals surface area contributed by atoms with Crippen molar-refractivity contribution in [1.82, 2.24) is 10.6 Å². The zero-order valence-corrected chi connectivity index (χ0v) is 11.8. The van der Waals surface area contributed by atoms with Gasteiger partial charge in [0.25, 0.3) is 5.91 Å². The molecular formula is C12H17ClN2O2S. The summed E-state index contributed by atoms with van der Waals surface area (Å²) in [5.74, 6) is -0.0733. The molecule has 0 radical (unpaired) electrons. The van der Waals surface area contributed by atoms with Crippen molar-refractivity contribution in [2.45, 2.75) is 25.8 Å². The third kappa shape index (κ3) is 3.80. The van der Waals surface area contributed by atoms with Crippen LogP contribution in [0.5, 0.6) is 0 Å². The number of hydrogen-bond acceptors (Lipinski definition) is 4. The van der Waals surface area contributed by atoms with Gasteiger partial charge in [0.1, 0.15) is 0 Å². The Balaban J connectivity index is 0.00000162. The number of ketones is 1. The van der Waals surface area contributed by atoms with Gasteiger partial charge in [-0.25, -0.2) is 0 Å². The Kier molecular flexibility index (Phi) is 5.78. The highest BCUT2D eigenvalue weighted by Gasteiger charge is 2.17. The summed E-state index contributed by atoms with van der Waals surface area (Å²) in [5.41, 5.74) is 0.613. The van der Waals surface area contributed by atoms with E-state index in [1.807, 2.05) is 0 Å². The lowest BCUT2D eigenvalue weighted by molar-refractivity contribution is 0.0934. The van der Waals surface area contributed by atoms with E-state index in [-0.39, 0.29) is 30.1 Å². The number of Topliss-reactive ketones (excluding diaryl/α,β-unsaturated/α-hetero) is 1. The van der Waals surface area contributed by atoms with E-state index in [1.54, 1.807) is 11.4 Å². The molecule has 0 aliphatic carbocycles. The van der Waals surface area contributed by atoms with Crippen LogP contribution in [0.3, 0.4) is 0 Å². The molecule has 1 aromatic heterocycles. The first kappa shape index (κ1) is 15.1. The fraction of sp³-hybridized carbons (Fsp3) is 0.500. The average Bonchev–Trinajstić information content (AvgIpc) is 2.79. The van der Waals surface area contributed by atoms with Gasteiger partial charge in [-0.15, -0.1) is 23.7 Å². The molecule has 0 unspecified atom stereocenters. The lowest BCUT2D eigenvalue weighted by Crippen LogP contribution is -2.45. The van der Waals surface area contributed by atoms with Crippen molar-refractivity contribution in [3.63, 3.8) is 0 Å². The van der Waals surface area contributed by atoms with Gasteiger partial charge in [0, 0.05) is 23.5 Å². The Bertz CT molecular complexity index is 427. The highest BCUT2D eigenvalue weighted by molar-refractivity contribution is 7.12. The van der Waals surface area contributed by atoms with Crippen LogP contribution in [-0.4, -0.2) is 30.8 Å². The first-order chi connectivity index (χ1) is 8.16. The van der Waals surface area contributed by atoms with E-state index < -0.39 is 0 Å². The molecule has 100 valence electrons. The van der Waals surface area contributed by atoms with Gasteiger partial charge < -0.3 is 10.6 Å². The minimum Gasteiger partial charge on any atom is -0.347 e. The molecular weight excluding hydrogens is 272 g/mol. The maximum Gasteiger partial charge on any atom is 0.261 e. The van der Waals surface area contributed by atoms with E-state index in [9.17, 15) is 9.59 Å². The molecule has 1 fully saturated rings.